The van der Waals surface area contributed by atoms with Gasteiger partial charge in [-0.3, -0.25) is 4.98 Å². The first-order valence-corrected chi connectivity index (χ1v) is 3.93. The van der Waals surface area contributed by atoms with Crippen LogP contribution >= 0.6 is 35.6 Å². The Morgan fingerprint density at radius 2 is 1.83 bits per heavy atom. The molecule has 0 aliphatic heterocycles. The van der Waals surface area contributed by atoms with Crippen molar-refractivity contribution in [3.05, 3.63) is 28.0 Å². The van der Waals surface area contributed by atoms with Crippen molar-refractivity contribution in [3.63, 3.8) is 0 Å². The highest BCUT2D eigenvalue weighted by Gasteiger charge is 2.03. The highest BCUT2D eigenvalue weighted by molar-refractivity contribution is 6.35. The number of aromatic nitrogens is 1. The van der Waals surface area contributed by atoms with Gasteiger partial charge in [0.25, 0.3) is 0 Å². The van der Waals surface area contributed by atoms with Crippen LogP contribution in [0.1, 0.15) is 5.56 Å². The molecule has 0 amide bonds. The third kappa shape index (κ3) is 2.79. The van der Waals surface area contributed by atoms with Gasteiger partial charge in [0.15, 0.2) is 0 Å². The summed E-state index contributed by atoms with van der Waals surface area (Å²) in [5, 5.41) is 4.18. The molecule has 0 unspecified atom stereocenters. The van der Waals surface area contributed by atoms with Crippen molar-refractivity contribution in [2.75, 3.05) is 7.05 Å². The smallest absolute Gasteiger partial charge is 0.0649 e. The van der Waals surface area contributed by atoms with Crippen LogP contribution in [0.2, 0.25) is 10.0 Å². The van der Waals surface area contributed by atoms with Crippen molar-refractivity contribution in [1.29, 1.82) is 0 Å². The van der Waals surface area contributed by atoms with E-state index < -0.39 is 0 Å². The van der Waals surface area contributed by atoms with Gasteiger partial charge in [-0.05, 0) is 7.05 Å². The summed E-state index contributed by atoms with van der Waals surface area (Å²) in [6.45, 7) is 0.667. The maximum Gasteiger partial charge on any atom is 0.0649 e. The Labute approximate surface area is 87.7 Å². The van der Waals surface area contributed by atoms with Crippen LogP contribution in [0.4, 0.5) is 0 Å². The van der Waals surface area contributed by atoms with E-state index in [0.717, 1.165) is 5.56 Å². The molecule has 0 saturated heterocycles. The lowest BCUT2D eigenvalue weighted by Gasteiger charge is -2.03. The molecule has 1 heterocycles. The summed E-state index contributed by atoms with van der Waals surface area (Å²) >= 11 is 11.6. The van der Waals surface area contributed by atoms with Crippen molar-refractivity contribution < 1.29 is 0 Å². The molecule has 0 aliphatic rings. The van der Waals surface area contributed by atoms with Crippen LogP contribution in [0.3, 0.4) is 0 Å². The lowest BCUT2D eigenvalue weighted by Crippen LogP contribution is -2.06. The number of nitrogens with zero attached hydrogens (tertiary/aromatic N) is 1. The maximum atomic E-state index is 5.82. The van der Waals surface area contributed by atoms with E-state index in [4.69, 9.17) is 23.2 Å². The topological polar surface area (TPSA) is 24.9 Å². The predicted molar refractivity (Wildman–Crippen MR) is 54.3 cm³/mol. The zero-order valence-corrected chi connectivity index (χ0v) is 8.80. The van der Waals surface area contributed by atoms with Gasteiger partial charge in [0.2, 0.25) is 0 Å². The van der Waals surface area contributed by atoms with Crippen LogP contribution in [0.15, 0.2) is 12.4 Å². The second-order valence-electron chi connectivity index (χ2n) is 2.11. The molecule has 0 saturated carbocycles. The molecular formula is C7H9Cl3N2. The van der Waals surface area contributed by atoms with E-state index in [1.54, 1.807) is 12.4 Å². The Balaban J connectivity index is 0.00000121. The number of nitrogens with one attached hydrogen (secondary N) is 1. The van der Waals surface area contributed by atoms with Crippen LogP contribution in [0, 0.1) is 0 Å². The van der Waals surface area contributed by atoms with Gasteiger partial charge in [-0.2, -0.15) is 0 Å². The van der Waals surface area contributed by atoms with Crippen molar-refractivity contribution in [3.8, 4) is 0 Å². The number of pyridine rings is 1. The van der Waals surface area contributed by atoms with E-state index in [-0.39, 0.29) is 12.4 Å². The summed E-state index contributed by atoms with van der Waals surface area (Å²) < 4.78 is 0. The minimum absolute atomic E-state index is 0. The maximum absolute atomic E-state index is 5.82. The molecule has 68 valence electrons. The van der Waals surface area contributed by atoms with Gasteiger partial charge in [-0.25, -0.2) is 0 Å². The van der Waals surface area contributed by atoms with Gasteiger partial charge in [0.05, 0.1) is 10.0 Å². The molecule has 5 heteroatoms. The SMILES string of the molecule is CNCc1c(Cl)cncc1Cl.Cl. The summed E-state index contributed by atoms with van der Waals surface area (Å²) in [5.74, 6) is 0. The molecule has 1 N–H and O–H groups in total. The lowest BCUT2D eigenvalue weighted by atomic mass is 10.3. The third-order valence-corrected chi connectivity index (χ3v) is 1.96. The minimum atomic E-state index is 0. The van der Waals surface area contributed by atoms with E-state index in [1.165, 1.54) is 0 Å². The zero-order valence-electron chi connectivity index (χ0n) is 6.47. The van der Waals surface area contributed by atoms with Gasteiger partial charge in [0, 0.05) is 24.5 Å². The second-order valence-corrected chi connectivity index (χ2v) is 2.93. The Morgan fingerprint density at radius 3 is 2.25 bits per heavy atom. The van der Waals surface area contributed by atoms with E-state index in [9.17, 15) is 0 Å². The van der Waals surface area contributed by atoms with E-state index in [2.05, 4.69) is 10.3 Å². The first-order chi connectivity index (χ1) is 5.25. The Hall–Kier alpha value is -0.0200. The Morgan fingerprint density at radius 1 is 1.33 bits per heavy atom. The van der Waals surface area contributed by atoms with Crippen LogP contribution < -0.4 is 5.32 Å². The standard InChI is InChI=1S/C7H8Cl2N2.ClH/c1-10-2-5-6(8)3-11-4-7(5)9;/h3-4,10H,2H2,1H3;1H. The number of halogens is 3. The summed E-state index contributed by atoms with van der Waals surface area (Å²) in [5.41, 5.74) is 0.894. The molecule has 0 aromatic carbocycles. The Bertz CT molecular complexity index is 232. The molecule has 0 spiro atoms. The lowest BCUT2D eigenvalue weighted by molar-refractivity contribution is 0.816. The normalized spacial score (nSPS) is 9.25. The van der Waals surface area contributed by atoms with Gasteiger partial charge < -0.3 is 5.32 Å². The first kappa shape index (κ1) is 12.0. The summed E-state index contributed by atoms with van der Waals surface area (Å²) in [7, 11) is 1.84. The van der Waals surface area contributed by atoms with Crippen molar-refractivity contribution in [1.82, 2.24) is 10.3 Å². The van der Waals surface area contributed by atoms with Gasteiger partial charge in [0.1, 0.15) is 0 Å². The van der Waals surface area contributed by atoms with Gasteiger partial charge in [-0.15, -0.1) is 12.4 Å². The first-order valence-electron chi connectivity index (χ1n) is 3.18. The molecule has 0 radical (unpaired) electrons. The fraction of sp³-hybridized carbons (Fsp3) is 0.286. The molecule has 0 atom stereocenters. The van der Waals surface area contributed by atoms with E-state index in [0.29, 0.717) is 16.6 Å². The molecule has 0 bridgehead atoms. The second kappa shape index (κ2) is 5.60. The molecule has 0 fully saturated rings. The number of hydrogen-bond donors (Lipinski definition) is 1. The van der Waals surface area contributed by atoms with E-state index >= 15 is 0 Å². The number of rotatable bonds is 2. The molecular weight excluding hydrogens is 218 g/mol. The molecule has 2 nitrogen and oxygen atoms in total. The fourth-order valence-electron chi connectivity index (χ4n) is 0.784. The third-order valence-electron chi connectivity index (χ3n) is 1.31. The summed E-state index contributed by atoms with van der Waals surface area (Å²) in [4.78, 5) is 3.84. The highest BCUT2D eigenvalue weighted by atomic mass is 35.5. The summed E-state index contributed by atoms with van der Waals surface area (Å²) in [6.07, 6.45) is 3.17. The van der Waals surface area contributed by atoms with Crippen LogP contribution in [0.25, 0.3) is 0 Å². The molecule has 1 aromatic heterocycles. The molecule has 12 heavy (non-hydrogen) atoms. The van der Waals surface area contributed by atoms with Crippen molar-refractivity contribution in [2.24, 2.45) is 0 Å². The van der Waals surface area contributed by atoms with Crippen LogP contribution in [0.5, 0.6) is 0 Å². The largest absolute Gasteiger partial charge is 0.316 e. The fourth-order valence-corrected chi connectivity index (χ4v) is 1.28. The predicted octanol–water partition coefficient (Wildman–Crippen LogP) is 2.53. The monoisotopic (exact) mass is 226 g/mol. The van der Waals surface area contributed by atoms with Crippen molar-refractivity contribution >= 4 is 35.6 Å². The minimum Gasteiger partial charge on any atom is -0.316 e. The quantitative estimate of drug-likeness (QED) is 0.840. The Kier molecular flexibility index (Phi) is 5.59. The zero-order chi connectivity index (χ0) is 8.27. The average molecular weight is 228 g/mol. The van der Waals surface area contributed by atoms with Crippen LogP contribution in [-0.2, 0) is 6.54 Å². The molecule has 0 aliphatic carbocycles. The molecule has 1 aromatic rings. The highest BCUT2D eigenvalue weighted by Crippen LogP contribution is 2.21. The number of hydrogen-bond acceptors (Lipinski definition) is 2. The average Bonchev–Trinajstić information content (AvgIpc) is 1.97. The van der Waals surface area contributed by atoms with Gasteiger partial charge in [-0.1, -0.05) is 23.2 Å². The summed E-state index contributed by atoms with van der Waals surface area (Å²) in [6, 6.07) is 0. The van der Waals surface area contributed by atoms with Crippen molar-refractivity contribution in [2.45, 2.75) is 6.54 Å². The molecule has 1 rings (SSSR count). The van der Waals surface area contributed by atoms with E-state index in [1.807, 2.05) is 7.05 Å². The van der Waals surface area contributed by atoms with Crippen LogP contribution in [-0.4, -0.2) is 12.0 Å². The van der Waals surface area contributed by atoms with Gasteiger partial charge >= 0.3 is 0 Å².